The highest BCUT2D eigenvalue weighted by Crippen LogP contribution is 2.32. The summed E-state index contributed by atoms with van der Waals surface area (Å²) in [6.45, 7) is 0. The summed E-state index contributed by atoms with van der Waals surface area (Å²) >= 11 is 1.76. The minimum absolute atomic E-state index is 0.133. The van der Waals surface area contributed by atoms with Crippen molar-refractivity contribution in [3.05, 3.63) is 21.9 Å². The van der Waals surface area contributed by atoms with Crippen LogP contribution < -0.4 is 16.6 Å². The molecule has 1 unspecified atom stereocenters. The summed E-state index contributed by atoms with van der Waals surface area (Å²) in [6.07, 6.45) is 3.26. The first-order chi connectivity index (χ1) is 6.81. The van der Waals surface area contributed by atoms with Crippen LogP contribution in [0.4, 0.5) is 4.79 Å². The summed E-state index contributed by atoms with van der Waals surface area (Å²) in [5.41, 5.74) is 3.34. The van der Waals surface area contributed by atoms with E-state index < -0.39 is 0 Å². The molecule has 0 aliphatic heterocycles. The smallest absolute Gasteiger partial charge is 0.329 e. The standard InChI is InChI=1S/C9H13N3OS/c10-12-9(13)11-7-2-1-3-8-6(7)4-5-14-8/h4-5,7H,1-3,10H2,(H2,11,12,13). The Kier molecular flexibility index (Phi) is 2.69. The van der Waals surface area contributed by atoms with Gasteiger partial charge in [-0.1, -0.05) is 0 Å². The van der Waals surface area contributed by atoms with Crippen molar-refractivity contribution < 1.29 is 4.79 Å². The molecule has 0 saturated carbocycles. The average Bonchev–Trinajstić information content (AvgIpc) is 2.66. The number of hydrogen-bond donors (Lipinski definition) is 3. The van der Waals surface area contributed by atoms with Gasteiger partial charge in [0.05, 0.1) is 6.04 Å². The van der Waals surface area contributed by atoms with E-state index >= 15 is 0 Å². The van der Waals surface area contributed by atoms with E-state index in [0.717, 1.165) is 19.3 Å². The minimum atomic E-state index is -0.311. The number of hydrazine groups is 1. The Morgan fingerprint density at radius 1 is 1.64 bits per heavy atom. The lowest BCUT2D eigenvalue weighted by Crippen LogP contribution is -2.42. The van der Waals surface area contributed by atoms with E-state index in [1.54, 1.807) is 11.3 Å². The summed E-state index contributed by atoms with van der Waals surface area (Å²) in [4.78, 5) is 12.5. The van der Waals surface area contributed by atoms with E-state index in [1.165, 1.54) is 10.4 Å². The second-order valence-electron chi connectivity index (χ2n) is 3.36. The third-order valence-corrected chi connectivity index (χ3v) is 3.48. The number of rotatable bonds is 1. The van der Waals surface area contributed by atoms with Gasteiger partial charge in [0.15, 0.2) is 0 Å². The first-order valence-electron chi connectivity index (χ1n) is 4.64. The normalized spacial score (nSPS) is 19.9. The maximum absolute atomic E-state index is 11.1. The molecule has 0 fully saturated rings. The number of amides is 2. The van der Waals surface area contributed by atoms with Gasteiger partial charge in [-0.2, -0.15) is 0 Å². The van der Waals surface area contributed by atoms with Crippen molar-refractivity contribution in [2.75, 3.05) is 0 Å². The molecule has 0 bridgehead atoms. The van der Waals surface area contributed by atoms with Crippen molar-refractivity contribution in [3.8, 4) is 0 Å². The first kappa shape index (κ1) is 9.48. The molecule has 2 rings (SSSR count). The number of hydrogen-bond acceptors (Lipinski definition) is 3. The summed E-state index contributed by atoms with van der Waals surface area (Å²) in [7, 11) is 0. The van der Waals surface area contributed by atoms with Gasteiger partial charge in [-0.3, -0.25) is 5.43 Å². The second kappa shape index (κ2) is 3.98. The van der Waals surface area contributed by atoms with Crippen molar-refractivity contribution in [1.29, 1.82) is 0 Å². The van der Waals surface area contributed by atoms with Crippen molar-refractivity contribution in [3.63, 3.8) is 0 Å². The molecule has 1 aliphatic rings. The monoisotopic (exact) mass is 211 g/mol. The molecule has 1 aliphatic carbocycles. The molecule has 4 nitrogen and oxygen atoms in total. The van der Waals surface area contributed by atoms with Gasteiger partial charge in [0, 0.05) is 4.88 Å². The molecule has 1 aromatic heterocycles. The molecule has 5 heteroatoms. The van der Waals surface area contributed by atoms with Crippen LogP contribution in [0.2, 0.25) is 0 Å². The number of nitrogens with two attached hydrogens (primary N) is 1. The van der Waals surface area contributed by atoms with Crippen LogP contribution in [0.3, 0.4) is 0 Å². The fraction of sp³-hybridized carbons (Fsp3) is 0.444. The Hall–Kier alpha value is -1.07. The quantitative estimate of drug-likeness (QED) is 0.372. The maximum atomic E-state index is 11.1. The van der Waals surface area contributed by atoms with Gasteiger partial charge < -0.3 is 5.32 Å². The van der Waals surface area contributed by atoms with Crippen molar-refractivity contribution in [1.82, 2.24) is 10.7 Å². The fourth-order valence-electron chi connectivity index (χ4n) is 1.84. The van der Waals surface area contributed by atoms with Crippen LogP contribution in [0.1, 0.15) is 29.3 Å². The Morgan fingerprint density at radius 2 is 2.50 bits per heavy atom. The molecule has 1 heterocycles. The molecular formula is C9H13N3OS. The highest BCUT2D eigenvalue weighted by atomic mass is 32.1. The summed E-state index contributed by atoms with van der Waals surface area (Å²) in [5.74, 6) is 5.03. The van der Waals surface area contributed by atoms with Gasteiger partial charge in [-0.05, 0) is 36.3 Å². The first-order valence-corrected chi connectivity index (χ1v) is 5.52. The van der Waals surface area contributed by atoms with E-state index in [0.29, 0.717) is 0 Å². The zero-order chi connectivity index (χ0) is 9.97. The lowest BCUT2D eigenvalue weighted by molar-refractivity contribution is 0.236. The number of carbonyl (C=O) groups excluding carboxylic acids is 1. The number of fused-ring (bicyclic) bond motifs is 1. The molecule has 0 saturated heterocycles. The zero-order valence-electron chi connectivity index (χ0n) is 7.75. The molecule has 76 valence electrons. The van der Waals surface area contributed by atoms with Crippen molar-refractivity contribution in [2.45, 2.75) is 25.3 Å². The van der Waals surface area contributed by atoms with E-state index in [-0.39, 0.29) is 12.1 Å². The van der Waals surface area contributed by atoms with E-state index in [4.69, 9.17) is 5.84 Å². The fourth-order valence-corrected chi connectivity index (χ4v) is 2.82. The van der Waals surface area contributed by atoms with Crippen LogP contribution in [0.15, 0.2) is 11.4 Å². The SMILES string of the molecule is NNC(=O)NC1CCCc2sccc21. The molecule has 1 aromatic rings. The van der Waals surface area contributed by atoms with Crippen LogP contribution in [0.25, 0.3) is 0 Å². The zero-order valence-corrected chi connectivity index (χ0v) is 8.56. The van der Waals surface area contributed by atoms with Crippen LogP contribution >= 0.6 is 11.3 Å². The molecule has 0 spiro atoms. The van der Waals surface area contributed by atoms with Crippen molar-refractivity contribution in [2.24, 2.45) is 5.84 Å². The largest absolute Gasteiger partial charge is 0.330 e. The van der Waals surface area contributed by atoms with E-state index in [1.807, 2.05) is 0 Å². The summed E-state index contributed by atoms with van der Waals surface area (Å²) in [5, 5.41) is 4.92. The predicted octanol–water partition coefficient (Wildman–Crippen LogP) is 1.30. The number of thiophene rings is 1. The van der Waals surface area contributed by atoms with Gasteiger partial charge in [0.1, 0.15) is 0 Å². The lowest BCUT2D eigenvalue weighted by Gasteiger charge is -2.23. The molecule has 0 aromatic carbocycles. The van der Waals surface area contributed by atoms with Crippen molar-refractivity contribution >= 4 is 17.4 Å². The molecule has 1 atom stereocenters. The highest BCUT2D eigenvalue weighted by molar-refractivity contribution is 7.10. The van der Waals surface area contributed by atoms with Gasteiger partial charge in [0.2, 0.25) is 0 Å². The van der Waals surface area contributed by atoms with E-state index in [2.05, 4.69) is 22.2 Å². The minimum Gasteiger partial charge on any atom is -0.330 e. The van der Waals surface area contributed by atoms with Crippen LogP contribution in [-0.4, -0.2) is 6.03 Å². The Balaban J connectivity index is 2.12. The molecule has 4 N–H and O–H groups in total. The third-order valence-electron chi connectivity index (χ3n) is 2.49. The van der Waals surface area contributed by atoms with Crippen LogP contribution in [0.5, 0.6) is 0 Å². The van der Waals surface area contributed by atoms with Crippen LogP contribution in [0, 0.1) is 0 Å². The number of carbonyl (C=O) groups is 1. The molecule has 14 heavy (non-hydrogen) atoms. The molecule has 0 radical (unpaired) electrons. The van der Waals surface area contributed by atoms with Crippen LogP contribution in [-0.2, 0) is 6.42 Å². The third kappa shape index (κ3) is 1.73. The maximum Gasteiger partial charge on any atom is 0.329 e. The van der Waals surface area contributed by atoms with E-state index in [9.17, 15) is 4.79 Å². The number of urea groups is 1. The summed E-state index contributed by atoms with van der Waals surface area (Å²) in [6, 6.07) is 1.91. The Bertz CT molecular complexity index is 337. The second-order valence-corrected chi connectivity index (χ2v) is 4.36. The lowest BCUT2D eigenvalue weighted by atomic mass is 9.94. The number of aryl methyl sites for hydroxylation is 1. The average molecular weight is 211 g/mol. The van der Waals surface area contributed by atoms with Gasteiger partial charge in [-0.25, -0.2) is 10.6 Å². The Morgan fingerprint density at radius 3 is 3.29 bits per heavy atom. The number of nitrogens with one attached hydrogen (secondary N) is 2. The van der Waals surface area contributed by atoms with Gasteiger partial charge >= 0.3 is 6.03 Å². The molecular weight excluding hydrogens is 198 g/mol. The molecule has 2 amide bonds. The summed E-state index contributed by atoms with van der Waals surface area (Å²) < 4.78 is 0. The highest BCUT2D eigenvalue weighted by Gasteiger charge is 2.22. The predicted molar refractivity (Wildman–Crippen MR) is 55.9 cm³/mol. The van der Waals surface area contributed by atoms with Gasteiger partial charge in [-0.15, -0.1) is 11.3 Å². The van der Waals surface area contributed by atoms with Gasteiger partial charge in [0.25, 0.3) is 0 Å². The topological polar surface area (TPSA) is 67.1 Å². The Labute approximate surface area is 86.5 Å².